The van der Waals surface area contributed by atoms with Crippen LogP contribution in [0.5, 0.6) is 0 Å². The lowest BCUT2D eigenvalue weighted by Crippen LogP contribution is -2.34. The molecule has 0 bridgehead atoms. The molecule has 2 heterocycles. The summed E-state index contributed by atoms with van der Waals surface area (Å²) < 4.78 is 76.9. The number of hydrogen-bond donors (Lipinski definition) is 1. The third-order valence-electron chi connectivity index (χ3n) is 6.08. The van der Waals surface area contributed by atoms with E-state index in [1.807, 2.05) is 0 Å². The van der Waals surface area contributed by atoms with Gasteiger partial charge in [0.25, 0.3) is 11.1 Å². The first-order valence-electron chi connectivity index (χ1n) is 12.3. The van der Waals surface area contributed by atoms with Gasteiger partial charge in [0.1, 0.15) is 12.3 Å². The molecular formula is C25H30BrF5N4O3Si. The molecule has 0 amide bonds. The molecule has 0 fully saturated rings. The van der Waals surface area contributed by atoms with Crippen LogP contribution >= 0.6 is 15.9 Å². The van der Waals surface area contributed by atoms with Crippen molar-refractivity contribution in [2.45, 2.75) is 70.9 Å². The molecule has 0 aliphatic rings. The molecule has 0 saturated heterocycles. The number of fused-ring (bicyclic) bond motifs is 1. The fraction of sp³-hybridized carbons (Fsp3) is 0.480. The van der Waals surface area contributed by atoms with Gasteiger partial charge in [-0.25, -0.2) is 13.5 Å². The average Bonchev–Trinajstić information content (AvgIpc) is 2.81. The number of rotatable bonds is 11. The van der Waals surface area contributed by atoms with E-state index in [1.54, 1.807) is 6.92 Å². The summed E-state index contributed by atoms with van der Waals surface area (Å²) in [5.41, 5.74) is -3.84. The molecule has 39 heavy (non-hydrogen) atoms. The number of halogens is 6. The van der Waals surface area contributed by atoms with Crippen LogP contribution in [0.2, 0.25) is 25.7 Å². The molecule has 1 atom stereocenters. The van der Waals surface area contributed by atoms with Gasteiger partial charge in [0, 0.05) is 33.5 Å². The van der Waals surface area contributed by atoms with Crippen LogP contribution in [0.25, 0.3) is 10.8 Å². The fourth-order valence-corrected chi connectivity index (χ4v) is 5.10. The highest BCUT2D eigenvalue weighted by atomic mass is 79.9. The molecule has 3 rings (SSSR count). The number of anilines is 1. The van der Waals surface area contributed by atoms with Crippen LogP contribution in [-0.4, -0.2) is 35.1 Å². The summed E-state index contributed by atoms with van der Waals surface area (Å²) in [5, 5.41) is 6.39. The van der Waals surface area contributed by atoms with Gasteiger partial charge in [0.2, 0.25) is 0 Å². The second kappa shape index (κ2) is 12.3. The van der Waals surface area contributed by atoms with Crippen molar-refractivity contribution in [3.63, 3.8) is 0 Å². The maximum Gasteiger partial charge on any atom is 0.423 e. The lowest BCUT2D eigenvalue weighted by Gasteiger charge is -2.20. The van der Waals surface area contributed by atoms with Crippen molar-refractivity contribution < 1.29 is 26.7 Å². The summed E-state index contributed by atoms with van der Waals surface area (Å²) in [7, 11) is -1.41. The molecule has 0 aliphatic heterocycles. The lowest BCUT2D eigenvalue weighted by molar-refractivity contribution is -0.138. The minimum absolute atomic E-state index is 0.0977. The summed E-state index contributed by atoms with van der Waals surface area (Å²) in [6.45, 7) is 8.07. The number of alkyl halides is 3. The van der Waals surface area contributed by atoms with E-state index in [9.17, 15) is 31.5 Å². The normalized spacial score (nSPS) is 13.2. The highest BCUT2D eigenvalue weighted by Gasteiger charge is 2.38. The van der Waals surface area contributed by atoms with Gasteiger partial charge in [0.05, 0.1) is 21.7 Å². The van der Waals surface area contributed by atoms with Crippen molar-refractivity contribution in [3.05, 3.63) is 66.9 Å². The van der Waals surface area contributed by atoms with Crippen LogP contribution in [0.15, 0.2) is 38.6 Å². The fourth-order valence-electron chi connectivity index (χ4n) is 3.92. The van der Waals surface area contributed by atoms with Gasteiger partial charge >= 0.3 is 6.18 Å². The Morgan fingerprint density at radius 3 is 2.49 bits per heavy atom. The molecule has 0 radical (unpaired) electrons. The highest BCUT2D eigenvalue weighted by molar-refractivity contribution is 9.10. The predicted molar refractivity (Wildman–Crippen MR) is 146 cm³/mol. The van der Waals surface area contributed by atoms with Crippen molar-refractivity contribution in [1.29, 1.82) is 0 Å². The first-order valence-corrected chi connectivity index (χ1v) is 16.8. The van der Waals surface area contributed by atoms with Crippen LogP contribution in [0, 0.1) is 11.6 Å². The minimum atomic E-state index is -4.92. The van der Waals surface area contributed by atoms with E-state index in [0.29, 0.717) is 24.1 Å². The van der Waals surface area contributed by atoms with Crippen LogP contribution in [0.4, 0.5) is 27.6 Å². The van der Waals surface area contributed by atoms with Crippen LogP contribution in [0.3, 0.4) is 0 Å². The van der Waals surface area contributed by atoms with Crippen molar-refractivity contribution >= 4 is 40.5 Å². The molecule has 3 aromatic rings. The third-order valence-corrected chi connectivity index (χ3v) is 8.36. The van der Waals surface area contributed by atoms with E-state index < -0.39 is 54.3 Å². The van der Waals surface area contributed by atoms with Crippen LogP contribution < -0.4 is 16.4 Å². The molecule has 1 unspecified atom stereocenters. The van der Waals surface area contributed by atoms with Gasteiger partial charge in [-0.3, -0.25) is 9.59 Å². The Labute approximate surface area is 231 Å². The Bertz CT molecular complexity index is 1450. The number of nitrogens with one attached hydrogen (secondary N) is 1. The molecule has 14 heteroatoms. The molecule has 0 saturated carbocycles. The Morgan fingerprint density at radius 1 is 1.15 bits per heavy atom. The first-order chi connectivity index (χ1) is 18.1. The average molecular weight is 638 g/mol. The van der Waals surface area contributed by atoms with E-state index in [1.165, 1.54) is 22.9 Å². The number of aryl methyl sites for hydroxylation is 1. The number of pyridine rings is 1. The van der Waals surface area contributed by atoms with Crippen LogP contribution in [0.1, 0.15) is 25.3 Å². The Hall–Kier alpha value is -2.58. The Kier molecular flexibility index (Phi) is 9.76. The maximum absolute atomic E-state index is 14.4. The smallest absolute Gasteiger partial charge is 0.381 e. The quantitative estimate of drug-likeness (QED) is 0.117. The van der Waals surface area contributed by atoms with Crippen molar-refractivity contribution in [1.82, 2.24) is 14.3 Å². The second-order valence-corrected chi connectivity index (χ2v) is 17.0. The van der Waals surface area contributed by atoms with E-state index in [2.05, 4.69) is 46.0 Å². The zero-order valence-electron chi connectivity index (χ0n) is 22.0. The molecule has 2 aromatic heterocycles. The van der Waals surface area contributed by atoms with E-state index >= 15 is 0 Å². The number of nitrogens with zero attached hydrogens (tertiary/aromatic N) is 3. The third kappa shape index (κ3) is 7.75. The standard InChI is InChI=1S/C25H30BrF5N4O3Si/c1-15(6-5-8-34-9-7-16-12-17(26)21(27)22(28)19(16)23(34)36)33-18-13-32-35(14-38-10-11-39(2,3)4)24(37)20(18)25(29,30)31/h7,9,12-13,15,33H,5-6,8,10-11,14H2,1-4H3. The number of hydrogen-bond acceptors (Lipinski definition) is 5. The highest BCUT2D eigenvalue weighted by Crippen LogP contribution is 2.32. The first kappa shape index (κ1) is 31.0. The summed E-state index contributed by atoms with van der Waals surface area (Å²) in [5.74, 6) is -2.42. The van der Waals surface area contributed by atoms with Crippen molar-refractivity contribution in [2.24, 2.45) is 0 Å². The molecule has 1 aromatic carbocycles. The van der Waals surface area contributed by atoms with Crippen molar-refractivity contribution in [3.8, 4) is 0 Å². The molecule has 1 N–H and O–H groups in total. The number of ether oxygens (including phenoxy) is 1. The van der Waals surface area contributed by atoms with E-state index in [4.69, 9.17) is 4.74 Å². The largest absolute Gasteiger partial charge is 0.423 e. The van der Waals surface area contributed by atoms with Gasteiger partial charge in [-0.15, -0.1) is 0 Å². The van der Waals surface area contributed by atoms with Gasteiger partial charge in [-0.05, 0) is 59.3 Å². The van der Waals surface area contributed by atoms with Crippen LogP contribution in [-0.2, 0) is 24.2 Å². The van der Waals surface area contributed by atoms with E-state index in [0.717, 1.165) is 12.2 Å². The second-order valence-electron chi connectivity index (χ2n) is 10.5. The summed E-state index contributed by atoms with van der Waals surface area (Å²) in [6, 6.07) is 3.06. The zero-order chi connectivity index (χ0) is 29.1. The molecule has 214 valence electrons. The summed E-state index contributed by atoms with van der Waals surface area (Å²) in [4.78, 5) is 25.3. The molecular weight excluding hydrogens is 607 g/mol. The Morgan fingerprint density at radius 2 is 1.85 bits per heavy atom. The zero-order valence-corrected chi connectivity index (χ0v) is 24.5. The number of aromatic nitrogens is 3. The molecule has 0 spiro atoms. The SMILES string of the molecule is CC(CCCn1ccc2cc(Br)c(F)c(F)c2c1=O)Nc1cnn(COCC[Si](C)(C)C)c(=O)c1C(F)(F)F. The van der Waals surface area contributed by atoms with Crippen molar-refractivity contribution in [2.75, 3.05) is 11.9 Å². The molecule has 0 aliphatic carbocycles. The monoisotopic (exact) mass is 636 g/mol. The topological polar surface area (TPSA) is 78.2 Å². The lowest BCUT2D eigenvalue weighted by atomic mass is 10.1. The van der Waals surface area contributed by atoms with E-state index in [-0.39, 0.29) is 28.5 Å². The van der Waals surface area contributed by atoms with Gasteiger partial charge < -0.3 is 14.6 Å². The molecule has 7 nitrogen and oxygen atoms in total. The Balaban J connectivity index is 1.69. The summed E-state index contributed by atoms with van der Waals surface area (Å²) >= 11 is 2.91. The van der Waals surface area contributed by atoms with Gasteiger partial charge in [-0.2, -0.15) is 18.3 Å². The predicted octanol–water partition coefficient (Wildman–Crippen LogP) is 6.21. The minimum Gasteiger partial charge on any atom is -0.381 e. The number of benzene rings is 1. The summed E-state index contributed by atoms with van der Waals surface area (Å²) in [6.07, 6.45) is -1.89. The van der Waals surface area contributed by atoms with Gasteiger partial charge in [-0.1, -0.05) is 19.6 Å². The maximum atomic E-state index is 14.4. The van der Waals surface area contributed by atoms with Gasteiger partial charge in [0.15, 0.2) is 11.6 Å².